The van der Waals surface area contributed by atoms with E-state index in [2.05, 4.69) is 15.3 Å². The highest BCUT2D eigenvalue weighted by Gasteiger charge is 2.34. The molecule has 1 aliphatic heterocycles. The second-order valence-corrected chi connectivity index (χ2v) is 4.34. The van der Waals surface area contributed by atoms with Crippen molar-refractivity contribution < 1.29 is 18.0 Å². The minimum atomic E-state index is -4.50. The molecule has 0 aromatic carbocycles. The summed E-state index contributed by atoms with van der Waals surface area (Å²) in [6.45, 7) is 2.51. The standard InChI is InChI=1S/C11H13F3N4O/c1-7-6-9(19)15-4-5-18(7)10-16-3-2-8(17-10)11(12,13)14/h2-3,7H,4-6H2,1H3,(H,15,19)/t7-/m1/s1. The van der Waals surface area contributed by atoms with E-state index in [1.54, 1.807) is 11.8 Å². The molecule has 8 heteroatoms. The fourth-order valence-corrected chi connectivity index (χ4v) is 1.93. The van der Waals surface area contributed by atoms with Crippen LogP contribution in [-0.4, -0.2) is 35.0 Å². The third kappa shape index (κ3) is 3.12. The summed E-state index contributed by atoms with van der Waals surface area (Å²) in [5.41, 5.74) is -0.978. The Bertz CT molecular complexity index is 477. The third-order valence-corrected chi connectivity index (χ3v) is 2.88. The molecule has 0 radical (unpaired) electrons. The normalized spacial score (nSPS) is 20.9. The molecule has 5 nitrogen and oxygen atoms in total. The second kappa shape index (κ2) is 5.02. The maximum Gasteiger partial charge on any atom is 0.433 e. The first kappa shape index (κ1) is 13.6. The molecule has 19 heavy (non-hydrogen) atoms. The van der Waals surface area contributed by atoms with Crippen LogP contribution in [0.2, 0.25) is 0 Å². The van der Waals surface area contributed by atoms with Gasteiger partial charge in [0, 0.05) is 31.7 Å². The van der Waals surface area contributed by atoms with Crippen LogP contribution in [0, 0.1) is 0 Å². The number of nitrogens with zero attached hydrogens (tertiary/aromatic N) is 3. The van der Waals surface area contributed by atoms with Crippen molar-refractivity contribution in [2.45, 2.75) is 25.6 Å². The van der Waals surface area contributed by atoms with Crippen molar-refractivity contribution in [3.05, 3.63) is 18.0 Å². The Morgan fingerprint density at radius 3 is 2.89 bits per heavy atom. The highest BCUT2D eigenvalue weighted by atomic mass is 19.4. The Morgan fingerprint density at radius 2 is 2.21 bits per heavy atom. The van der Waals surface area contributed by atoms with Crippen LogP contribution in [0.25, 0.3) is 0 Å². The molecule has 1 fully saturated rings. The quantitative estimate of drug-likeness (QED) is 0.836. The summed E-state index contributed by atoms with van der Waals surface area (Å²) in [5.74, 6) is -0.124. The van der Waals surface area contributed by atoms with E-state index in [1.807, 2.05) is 0 Å². The summed E-state index contributed by atoms with van der Waals surface area (Å²) >= 11 is 0. The van der Waals surface area contributed by atoms with E-state index in [-0.39, 0.29) is 24.3 Å². The smallest absolute Gasteiger partial charge is 0.354 e. The summed E-state index contributed by atoms with van der Waals surface area (Å²) in [4.78, 5) is 20.3. The van der Waals surface area contributed by atoms with Crippen molar-refractivity contribution in [2.75, 3.05) is 18.0 Å². The number of rotatable bonds is 1. The maximum atomic E-state index is 12.6. The molecule has 2 rings (SSSR count). The molecule has 1 aliphatic rings. The minimum absolute atomic E-state index is 0.00109. The van der Waals surface area contributed by atoms with Gasteiger partial charge < -0.3 is 10.2 Å². The lowest BCUT2D eigenvalue weighted by atomic mass is 10.2. The van der Waals surface area contributed by atoms with Crippen LogP contribution < -0.4 is 10.2 Å². The largest absolute Gasteiger partial charge is 0.433 e. The van der Waals surface area contributed by atoms with Gasteiger partial charge in [-0.25, -0.2) is 9.97 Å². The van der Waals surface area contributed by atoms with Crippen molar-refractivity contribution in [1.29, 1.82) is 0 Å². The number of hydrogen-bond donors (Lipinski definition) is 1. The number of carbonyl (C=O) groups is 1. The van der Waals surface area contributed by atoms with Crippen LogP contribution in [0.4, 0.5) is 19.1 Å². The summed E-state index contributed by atoms with van der Waals surface area (Å²) in [6, 6.07) is 0.584. The van der Waals surface area contributed by atoms with Gasteiger partial charge in [0.1, 0.15) is 5.69 Å². The predicted octanol–water partition coefficient (Wildman–Crippen LogP) is 1.21. The van der Waals surface area contributed by atoms with Gasteiger partial charge in [-0.05, 0) is 13.0 Å². The zero-order chi connectivity index (χ0) is 14.0. The summed E-state index contributed by atoms with van der Waals surface area (Å²) in [5, 5.41) is 2.66. The minimum Gasteiger partial charge on any atom is -0.354 e. The zero-order valence-electron chi connectivity index (χ0n) is 10.2. The molecule has 1 aromatic rings. The van der Waals surface area contributed by atoms with E-state index in [0.717, 1.165) is 12.3 Å². The van der Waals surface area contributed by atoms with Crippen LogP contribution in [0.1, 0.15) is 19.0 Å². The molecule has 1 atom stereocenters. The Balaban J connectivity index is 2.28. The lowest BCUT2D eigenvalue weighted by Gasteiger charge is -2.26. The molecule has 104 valence electrons. The maximum absolute atomic E-state index is 12.6. The monoisotopic (exact) mass is 274 g/mol. The fourth-order valence-electron chi connectivity index (χ4n) is 1.93. The van der Waals surface area contributed by atoms with E-state index in [4.69, 9.17) is 0 Å². The van der Waals surface area contributed by atoms with Crippen LogP contribution in [0.5, 0.6) is 0 Å². The third-order valence-electron chi connectivity index (χ3n) is 2.88. The van der Waals surface area contributed by atoms with Gasteiger partial charge in [0.05, 0.1) is 0 Å². The van der Waals surface area contributed by atoms with Crippen LogP contribution in [0.3, 0.4) is 0 Å². The summed E-state index contributed by atoms with van der Waals surface area (Å²) < 4.78 is 37.8. The lowest BCUT2D eigenvalue weighted by Crippen LogP contribution is -2.36. The van der Waals surface area contributed by atoms with Crippen molar-refractivity contribution >= 4 is 11.9 Å². The topological polar surface area (TPSA) is 58.1 Å². The average molecular weight is 274 g/mol. The second-order valence-electron chi connectivity index (χ2n) is 4.34. The molecular formula is C11H13F3N4O. The Labute approximate surface area is 107 Å². The lowest BCUT2D eigenvalue weighted by molar-refractivity contribution is -0.141. The first-order valence-electron chi connectivity index (χ1n) is 5.81. The number of nitrogens with one attached hydrogen (secondary N) is 1. The van der Waals surface area contributed by atoms with E-state index in [1.165, 1.54) is 0 Å². The Kier molecular flexibility index (Phi) is 3.59. The molecule has 1 saturated heterocycles. The van der Waals surface area contributed by atoms with Crippen LogP contribution in [0.15, 0.2) is 12.3 Å². The van der Waals surface area contributed by atoms with Gasteiger partial charge in [0.2, 0.25) is 11.9 Å². The van der Waals surface area contributed by atoms with Gasteiger partial charge in [-0.3, -0.25) is 4.79 Å². The number of alkyl halides is 3. The summed E-state index contributed by atoms with van der Waals surface area (Å²) in [6.07, 6.45) is -3.21. The van der Waals surface area contributed by atoms with Crippen molar-refractivity contribution in [3.8, 4) is 0 Å². The van der Waals surface area contributed by atoms with Crippen molar-refractivity contribution in [2.24, 2.45) is 0 Å². The molecule has 0 saturated carbocycles. The van der Waals surface area contributed by atoms with Gasteiger partial charge in [-0.2, -0.15) is 13.2 Å². The first-order valence-corrected chi connectivity index (χ1v) is 5.81. The highest BCUT2D eigenvalue weighted by Crippen LogP contribution is 2.28. The van der Waals surface area contributed by atoms with E-state index in [0.29, 0.717) is 13.1 Å². The van der Waals surface area contributed by atoms with Crippen LogP contribution >= 0.6 is 0 Å². The van der Waals surface area contributed by atoms with E-state index >= 15 is 0 Å². The molecule has 1 aromatic heterocycles. The SMILES string of the molecule is C[C@@H]1CC(=O)NCCN1c1nccc(C(F)(F)F)n1. The molecular weight excluding hydrogens is 261 g/mol. The molecule has 0 spiro atoms. The number of anilines is 1. The van der Waals surface area contributed by atoms with Gasteiger partial charge in [-0.15, -0.1) is 0 Å². The zero-order valence-corrected chi connectivity index (χ0v) is 10.2. The summed E-state index contributed by atoms with van der Waals surface area (Å²) in [7, 11) is 0. The first-order chi connectivity index (χ1) is 8.88. The molecule has 0 bridgehead atoms. The molecule has 1 N–H and O–H groups in total. The highest BCUT2D eigenvalue weighted by molar-refractivity contribution is 5.77. The van der Waals surface area contributed by atoms with Crippen molar-refractivity contribution in [3.63, 3.8) is 0 Å². The van der Waals surface area contributed by atoms with Gasteiger partial charge in [0.25, 0.3) is 0 Å². The Morgan fingerprint density at radius 1 is 1.47 bits per heavy atom. The molecule has 1 amide bonds. The van der Waals surface area contributed by atoms with Gasteiger partial charge >= 0.3 is 6.18 Å². The van der Waals surface area contributed by atoms with Gasteiger partial charge in [0.15, 0.2) is 0 Å². The predicted molar refractivity (Wildman–Crippen MR) is 61.5 cm³/mol. The number of halogens is 3. The number of hydrogen-bond acceptors (Lipinski definition) is 4. The molecule has 2 heterocycles. The average Bonchev–Trinajstić information content (AvgIpc) is 2.49. The molecule has 0 unspecified atom stereocenters. The molecule has 0 aliphatic carbocycles. The Hall–Kier alpha value is -1.86. The van der Waals surface area contributed by atoms with Crippen molar-refractivity contribution in [1.82, 2.24) is 15.3 Å². The number of carbonyl (C=O) groups excluding carboxylic acids is 1. The number of amides is 1. The number of aromatic nitrogens is 2. The van der Waals surface area contributed by atoms with Crippen LogP contribution in [-0.2, 0) is 11.0 Å². The van der Waals surface area contributed by atoms with E-state index in [9.17, 15) is 18.0 Å². The van der Waals surface area contributed by atoms with Gasteiger partial charge in [-0.1, -0.05) is 0 Å². The van der Waals surface area contributed by atoms with E-state index < -0.39 is 11.9 Å². The fraction of sp³-hybridized carbons (Fsp3) is 0.545.